The van der Waals surface area contributed by atoms with E-state index in [4.69, 9.17) is 0 Å². The summed E-state index contributed by atoms with van der Waals surface area (Å²) >= 11 is 0. The predicted molar refractivity (Wildman–Crippen MR) is 83.6 cm³/mol. The Balaban J connectivity index is 2.25. The van der Waals surface area contributed by atoms with E-state index >= 15 is 0 Å². The van der Waals surface area contributed by atoms with Gasteiger partial charge in [0, 0.05) is 18.4 Å². The second kappa shape index (κ2) is 6.70. The molecule has 110 valence electrons. The largest absolute Gasteiger partial charge is 0.271 e. The van der Waals surface area contributed by atoms with Gasteiger partial charge in [0.25, 0.3) is 10.0 Å². The Morgan fingerprint density at radius 2 is 1.86 bits per heavy atom. The molecule has 1 aliphatic carbocycles. The third-order valence-corrected chi connectivity index (χ3v) is 4.76. The summed E-state index contributed by atoms with van der Waals surface area (Å²) in [5, 5.41) is 0. The highest BCUT2D eigenvalue weighted by Gasteiger charge is 2.22. The van der Waals surface area contributed by atoms with E-state index < -0.39 is 10.0 Å². The minimum Gasteiger partial charge on any atom is -0.212 e. The Kier molecular flexibility index (Phi) is 4.94. The normalized spacial score (nSPS) is 13.6. The molecule has 0 N–H and O–H groups in total. The van der Waals surface area contributed by atoms with Crippen LogP contribution in [0.1, 0.15) is 31.7 Å². The fraction of sp³-hybridized carbons (Fsp3) is 0.412. The average molecular weight is 301 g/mol. The molecule has 1 aliphatic rings. The molecule has 0 amide bonds. The third kappa shape index (κ3) is 4.28. The van der Waals surface area contributed by atoms with Crippen molar-refractivity contribution < 1.29 is 8.42 Å². The minimum absolute atomic E-state index is 0.125. The fourth-order valence-electron chi connectivity index (χ4n) is 1.68. The number of sulfonamides is 1. The smallest absolute Gasteiger partial charge is 0.212 e. The lowest BCUT2D eigenvalue weighted by Crippen LogP contribution is -2.27. The molecule has 0 aromatic heterocycles. The Hall–Kier alpha value is -1.91. The van der Waals surface area contributed by atoms with Crippen LogP contribution in [0.3, 0.4) is 0 Å². The summed E-state index contributed by atoms with van der Waals surface area (Å²) in [7, 11) is -3.61. The molecule has 0 atom stereocenters. The van der Waals surface area contributed by atoms with E-state index in [1.807, 2.05) is 13.8 Å². The van der Waals surface area contributed by atoms with Gasteiger partial charge in [0.05, 0.1) is 4.90 Å². The molecule has 1 fully saturated rings. The van der Waals surface area contributed by atoms with Gasteiger partial charge in [-0.25, -0.2) is 12.7 Å². The number of nitrogens with zero attached hydrogens (tertiary/aromatic N) is 1. The van der Waals surface area contributed by atoms with E-state index in [2.05, 4.69) is 23.8 Å². The summed E-state index contributed by atoms with van der Waals surface area (Å²) in [5.41, 5.74) is 1.02. The zero-order valence-electron chi connectivity index (χ0n) is 12.4. The third-order valence-electron chi connectivity index (χ3n) is 3.10. The van der Waals surface area contributed by atoms with Gasteiger partial charge in [0.15, 0.2) is 0 Å². The maximum Gasteiger partial charge on any atom is 0.271 e. The van der Waals surface area contributed by atoms with Gasteiger partial charge in [-0.15, -0.1) is 0 Å². The highest BCUT2D eigenvalue weighted by Crippen LogP contribution is 2.27. The number of rotatable bonds is 3. The first-order valence-electron chi connectivity index (χ1n) is 7.10. The molecular formula is C17H19NO2S. The molecule has 0 saturated heterocycles. The zero-order valence-corrected chi connectivity index (χ0v) is 13.2. The molecule has 4 heteroatoms. The van der Waals surface area contributed by atoms with Crippen LogP contribution in [0.2, 0.25) is 0 Å². The number of hydrogen-bond donors (Lipinski definition) is 0. The van der Waals surface area contributed by atoms with E-state index in [1.165, 1.54) is 0 Å². The molecule has 0 spiro atoms. The average Bonchev–Trinajstić information content (AvgIpc) is 3.27. The highest BCUT2D eigenvalue weighted by molar-refractivity contribution is 7.89. The Labute approximate surface area is 127 Å². The molecule has 0 aliphatic heterocycles. The summed E-state index contributed by atoms with van der Waals surface area (Å²) < 4.78 is 26.3. The molecule has 0 bridgehead atoms. The lowest BCUT2D eigenvalue weighted by atomic mass is 10.2. The quantitative estimate of drug-likeness (QED) is 0.636. The van der Waals surface area contributed by atoms with Crippen molar-refractivity contribution in [3.63, 3.8) is 0 Å². The second-order valence-electron chi connectivity index (χ2n) is 5.06. The van der Waals surface area contributed by atoms with Crippen molar-refractivity contribution in [1.82, 2.24) is 4.31 Å². The van der Waals surface area contributed by atoms with Gasteiger partial charge in [0.1, 0.15) is 6.54 Å². The lowest BCUT2D eigenvalue weighted by Gasteiger charge is -2.15. The van der Waals surface area contributed by atoms with Crippen molar-refractivity contribution in [3.05, 3.63) is 29.8 Å². The lowest BCUT2D eigenvalue weighted by molar-refractivity contribution is 0.535. The molecule has 0 radical (unpaired) electrons. The number of aryl methyl sites for hydroxylation is 1. The second-order valence-corrected chi connectivity index (χ2v) is 6.92. The van der Waals surface area contributed by atoms with Crippen molar-refractivity contribution >= 4 is 10.0 Å². The Bertz CT molecular complexity index is 708. The van der Waals surface area contributed by atoms with Gasteiger partial charge >= 0.3 is 0 Å². The van der Waals surface area contributed by atoms with Gasteiger partial charge in [-0.1, -0.05) is 42.4 Å². The topological polar surface area (TPSA) is 37.4 Å². The molecule has 0 heterocycles. The first-order chi connectivity index (χ1) is 10.0. The van der Waals surface area contributed by atoms with Crippen molar-refractivity contribution in [1.29, 1.82) is 0 Å². The molecule has 1 aromatic carbocycles. The van der Waals surface area contributed by atoms with Crippen LogP contribution in [-0.4, -0.2) is 19.3 Å². The molecule has 2 rings (SSSR count). The summed E-state index contributed by atoms with van der Waals surface area (Å²) in [6, 6.07) is 9.50. The summed E-state index contributed by atoms with van der Waals surface area (Å²) in [5.74, 6) is 9.28. The van der Waals surface area contributed by atoms with E-state index in [1.54, 1.807) is 24.3 Å². The van der Waals surface area contributed by atoms with Crippen LogP contribution in [0.25, 0.3) is 0 Å². The molecule has 21 heavy (non-hydrogen) atoms. The monoisotopic (exact) mass is 301 g/mol. The van der Waals surface area contributed by atoms with Crippen molar-refractivity contribution in [3.8, 4) is 23.8 Å². The van der Waals surface area contributed by atoms with Gasteiger partial charge < -0.3 is 0 Å². The minimum atomic E-state index is -3.61. The van der Waals surface area contributed by atoms with Crippen LogP contribution in [0, 0.1) is 36.6 Å². The van der Waals surface area contributed by atoms with E-state index in [0.717, 1.165) is 22.7 Å². The van der Waals surface area contributed by atoms with Crippen molar-refractivity contribution in [2.45, 2.75) is 38.0 Å². The number of benzene rings is 1. The fourth-order valence-corrected chi connectivity index (χ4v) is 2.83. The van der Waals surface area contributed by atoms with Gasteiger partial charge in [-0.3, -0.25) is 0 Å². The first-order valence-corrected chi connectivity index (χ1v) is 8.54. The van der Waals surface area contributed by atoms with Crippen LogP contribution in [0.15, 0.2) is 29.2 Å². The van der Waals surface area contributed by atoms with E-state index in [9.17, 15) is 8.42 Å². The molecule has 3 nitrogen and oxygen atoms in total. The maximum atomic E-state index is 12.6. The van der Waals surface area contributed by atoms with Crippen molar-refractivity contribution in [2.24, 2.45) is 5.92 Å². The van der Waals surface area contributed by atoms with Crippen LogP contribution in [0.4, 0.5) is 0 Å². The molecule has 0 unspecified atom stereocenters. The Morgan fingerprint density at radius 1 is 1.19 bits per heavy atom. The van der Waals surface area contributed by atoms with Crippen LogP contribution in [0.5, 0.6) is 0 Å². The summed E-state index contributed by atoms with van der Waals surface area (Å²) in [4.78, 5) is 0.256. The Morgan fingerprint density at radius 3 is 2.43 bits per heavy atom. The SMILES string of the molecule is CCC#CN(CC#CC1CC1)S(=O)(=O)c1ccc(C)cc1. The van der Waals surface area contributed by atoms with Gasteiger partial charge in [-0.05, 0) is 31.9 Å². The molecular weight excluding hydrogens is 282 g/mol. The van der Waals surface area contributed by atoms with E-state index in [-0.39, 0.29) is 11.4 Å². The van der Waals surface area contributed by atoms with Gasteiger partial charge in [0.2, 0.25) is 0 Å². The highest BCUT2D eigenvalue weighted by atomic mass is 32.2. The summed E-state index contributed by atoms with van der Waals surface area (Å²) in [6.07, 6.45) is 2.85. The molecule has 1 saturated carbocycles. The standard InChI is InChI=1S/C17H19NO2S/c1-3-4-13-18(14-5-6-16-9-10-16)21(19,20)17-11-7-15(2)8-12-17/h7-8,11-12,16H,3,9-10,14H2,1-2H3. The number of hydrogen-bond acceptors (Lipinski definition) is 2. The molecule has 1 aromatic rings. The van der Waals surface area contributed by atoms with Crippen molar-refractivity contribution in [2.75, 3.05) is 6.54 Å². The van der Waals surface area contributed by atoms with Crippen LogP contribution >= 0.6 is 0 Å². The zero-order chi connectivity index (χ0) is 15.3. The van der Waals surface area contributed by atoms with Crippen LogP contribution in [-0.2, 0) is 10.0 Å². The summed E-state index contributed by atoms with van der Waals surface area (Å²) in [6.45, 7) is 3.94. The first kappa shape index (κ1) is 15.5. The van der Waals surface area contributed by atoms with Gasteiger partial charge in [-0.2, -0.15) is 0 Å². The van der Waals surface area contributed by atoms with E-state index in [0.29, 0.717) is 12.3 Å². The maximum absolute atomic E-state index is 12.6. The predicted octanol–water partition coefficient (Wildman–Crippen LogP) is 2.77. The van der Waals surface area contributed by atoms with Crippen LogP contribution < -0.4 is 0 Å².